The van der Waals surface area contributed by atoms with Gasteiger partial charge in [0, 0.05) is 0 Å². The van der Waals surface area contributed by atoms with E-state index in [1.54, 1.807) is 25.0 Å². The van der Waals surface area contributed by atoms with Crippen molar-refractivity contribution in [2.24, 2.45) is 9.98 Å². The molecule has 4 rings (SSSR count). The van der Waals surface area contributed by atoms with Crippen molar-refractivity contribution in [2.75, 3.05) is 0 Å². The molecular weight excluding hydrogens is 473 g/mol. The summed E-state index contributed by atoms with van der Waals surface area (Å²) in [7, 11) is 9.90. The molecule has 0 aromatic carbocycles. The Morgan fingerprint density at radius 3 is 1.55 bits per heavy atom. The molecule has 0 aliphatic carbocycles. The van der Waals surface area contributed by atoms with E-state index in [0.717, 1.165) is 22.6 Å². The Labute approximate surface area is 181 Å². The van der Waals surface area contributed by atoms with Crippen LogP contribution >= 0.6 is 19.4 Å². The summed E-state index contributed by atoms with van der Waals surface area (Å²) < 4.78 is 10.3. The second-order valence-corrected chi connectivity index (χ2v) is 9.79. The van der Waals surface area contributed by atoms with Crippen molar-refractivity contribution >= 4 is 43.7 Å². The molecule has 4 heterocycles. The summed E-state index contributed by atoms with van der Waals surface area (Å²) in [5.41, 5.74) is 2.09. The second kappa shape index (κ2) is 12.8. The first-order valence-electron chi connectivity index (χ1n) is 8.13. The van der Waals surface area contributed by atoms with Crippen LogP contribution in [-0.4, -0.2) is 42.8 Å². The van der Waals surface area contributed by atoms with Crippen molar-refractivity contribution in [1.82, 2.24) is 30.4 Å². The molecule has 2 N–H and O–H groups in total. The predicted molar refractivity (Wildman–Crippen MR) is 106 cm³/mol. The number of furan rings is 2. The molecule has 0 spiro atoms. The molecule has 0 unspecified atom stereocenters. The summed E-state index contributed by atoms with van der Waals surface area (Å²) >= 11 is -0.931. The fourth-order valence-corrected chi connectivity index (χ4v) is 1.80. The second-order valence-electron chi connectivity index (χ2n) is 5.17. The normalized spacial score (nSPS) is 10.3. The molecule has 148 valence electrons. The number of hydrogen-bond donors (Lipinski definition) is 2. The summed E-state index contributed by atoms with van der Waals surface area (Å²) in [5, 5.41) is 12.6. The number of hydrogen-bond acceptors (Lipinski definition) is 8. The van der Waals surface area contributed by atoms with Crippen LogP contribution in [0.5, 0.6) is 0 Å². The molecule has 0 aliphatic heterocycles. The van der Waals surface area contributed by atoms with Gasteiger partial charge in [0.25, 0.3) is 0 Å². The Bertz CT molecular complexity index is 916. The van der Waals surface area contributed by atoms with Crippen LogP contribution in [0.25, 0.3) is 0 Å². The molecule has 4 aromatic heterocycles. The zero-order valence-electron chi connectivity index (χ0n) is 15.6. The molecule has 0 saturated heterocycles. The van der Waals surface area contributed by atoms with Crippen LogP contribution in [0.15, 0.2) is 56.1 Å². The summed E-state index contributed by atoms with van der Waals surface area (Å²) in [4.78, 5) is 15.7. The van der Waals surface area contributed by atoms with Gasteiger partial charge in [0.1, 0.15) is 24.2 Å². The zero-order chi connectivity index (χ0) is 20.9. The quantitative estimate of drug-likeness (QED) is 0.325. The van der Waals surface area contributed by atoms with E-state index < -0.39 is 15.1 Å². The molecule has 4 aromatic rings. The fraction of sp³-hybridized carbons (Fsp3) is 0.125. The number of nitrogens with one attached hydrogen (secondary N) is 2. The van der Waals surface area contributed by atoms with Gasteiger partial charge in [-0.2, -0.15) is 20.2 Å². The number of rotatable bonds is 4. The molecular formula is C16H16Cl2N8O2Zn. The van der Waals surface area contributed by atoms with Gasteiger partial charge in [-0.1, -0.05) is 0 Å². The average Bonchev–Trinajstić information content (AvgIpc) is 3.50. The third-order valence-electron chi connectivity index (χ3n) is 3.22. The third kappa shape index (κ3) is 8.10. The summed E-state index contributed by atoms with van der Waals surface area (Å²) in [6.07, 6.45) is 9.27. The standard InChI is InChI=1S/2C8H8N4O.2ClH.Zn/c2*1-6-2-3-13-7(6)4-9-8-10-5-11-12-8;;;/h2*2-5H,1H3,(H,10,11,12);2*1H;/q;;;;+2/p-2/b2*9-4+;;;. The van der Waals surface area contributed by atoms with Crippen molar-refractivity contribution in [3.05, 3.63) is 60.0 Å². The Morgan fingerprint density at radius 1 is 0.862 bits per heavy atom. The SMILES string of the molecule is Cc1ccoc1/C=N/c1ncn[nH]1.Cc1ccoc1/C=N/c1ncn[nH]1.[Cl][Zn][Cl]. The third-order valence-corrected chi connectivity index (χ3v) is 3.22. The van der Waals surface area contributed by atoms with Gasteiger partial charge in [0.05, 0.1) is 25.0 Å². The number of aliphatic imine (C=N–C) groups is 2. The van der Waals surface area contributed by atoms with Gasteiger partial charge >= 0.3 is 34.5 Å². The van der Waals surface area contributed by atoms with E-state index >= 15 is 0 Å². The van der Waals surface area contributed by atoms with Gasteiger partial charge in [-0.15, -0.1) is 0 Å². The van der Waals surface area contributed by atoms with Gasteiger partial charge in [0.15, 0.2) is 0 Å². The van der Waals surface area contributed by atoms with Gasteiger partial charge in [-0.05, 0) is 37.1 Å². The molecule has 29 heavy (non-hydrogen) atoms. The van der Waals surface area contributed by atoms with E-state index in [9.17, 15) is 0 Å². The van der Waals surface area contributed by atoms with E-state index in [1.165, 1.54) is 12.7 Å². The number of aromatic amines is 2. The summed E-state index contributed by atoms with van der Waals surface area (Å²) in [6.45, 7) is 3.90. The summed E-state index contributed by atoms with van der Waals surface area (Å²) in [5.74, 6) is 2.40. The molecule has 0 atom stereocenters. The van der Waals surface area contributed by atoms with Crippen LogP contribution in [0, 0.1) is 13.8 Å². The number of aromatic nitrogens is 6. The van der Waals surface area contributed by atoms with Gasteiger partial charge in [-0.25, -0.2) is 20.2 Å². The minimum atomic E-state index is -0.931. The Kier molecular flexibility index (Phi) is 9.98. The molecule has 0 saturated carbocycles. The van der Waals surface area contributed by atoms with Gasteiger partial charge < -0.3 is 8.83 Å². The molecule has 0 radical (unpaired) electrons. The Morgan fingerprint density at radius 2 is 1.28 bits per heavy atom. The zero-order valence-corrected chi connectivity index (χ0v) is 20.1. The molecule has 13 heteroatoms. The molecule has 0 fully saturated rings. The van der Waals surface area contributed by atoms with Crippen LogP contribution in [0.1, 0.15) is 22.6 Å². The number of aryl methyl sites for hydroxylation is 2. The van der Waals surface area contributed by atoms with Crippen molar-refractivity contribution < 1.29 is 24.0 Å². The average molecular weight is 489 g/mol. The molecule has 0 bridgehead atoms. The van der Waals surface area contributed by atoms with E-state index in [4.69, 9.17) is 28.2 Å². The van der Waals surface area contributed by atoms with Crippen molar-refractivity contribution in [3.8, 4) is 0 Å². The van der Waals surface area contributed by atoms with E-state index in [1.807, 2.05) is 26.0 Å². The summed E-state index contributed by atoms with van der Waals surface area (Å²) in [6, 6.07) is 3.75. The number of H-pyrrole nitrogens is 2. The molecule has 10 nitrogen and oxygen atoms in total. The number of nitrogens with zero attached hydrogens (tertiary/aromatic N) is 6. The van der Waals surface area contributed by atoms with Gasteiger partial charge in [0.2, 0.25) is 11.9 Å². The fourth-order valence-electron chi connectivity index (χ4n) is 1.80. The molecule has 0 amide bonds. The van der Waals surface area contributed by atoms with Crippen LogP contribution in [0.3, 0.4) is 0 Å². The topological polar surface area (TPSA) is 134 Å². The van der Waals surface area contributed by atoms with E-state index in [2.05, 4.69) is 40.3 Å². The molecule has 0 aliphatic rings. The van der Waals surface area contributed by atoms with Gasteiger partial charge in [-0.3, -0.25) is 0 Å². The van der Waals surface area contributed by atoms with Crippen LogP contribution in [-0.2, 0) is 15.1 Å². The first-order valence-corrected chi connectivity index (χ1v) is 15.9. The monoisotopic (exact) mass is 486 g/mol. The maximum absolute atomic E-state index is 5.15. The first-order chi connectivity index (χ1) is 14.1. The number of halogens is 2. The Balaban J connectivity index is 0.000000183. The minimum absolute atomic E-state index is 0.468. The first kappa shape index (κ1) is 22.7. The predicted octanol–water partition coefficient (Wildman–Crippen LogP) is 4.29. The van der Waals surface area contributed by atoms with Crippen molar-refractivity contribution in [3.63, 3.8) is 0 Å². The van der Waals surface area contributed by atoms with E-state index in [0.29, 0.717) is 11.9 Å². The van der Waals surface area contributed by atoms with Crippen molar-refractivity contribution in [2.45, 2.75) is 13.8 Å². The maximum atomic E-state index is 5.15. The van der Waals surface area contributed by atoms with Crippen LogP contribution in [0.2, 0.25) is 0 Å². The van der Waals surface area contributed by atoms with Crippen LogP contribution < -0.4 is 0 Å². The van der Waals surface area contributed by atoms with E-state index in [-0.39, 0.29) is 0 Å². The van der Waals surface area contributed by atoms with Crippen molar-refractivity contribution in [1.29, 1.82) is 0 Å². The Hall–Kier alpha value is -2.62. The van der Waals surface area contributed by atoms with Crippen LogP contribution in [0.4, 0.5) is 11.9 Å².